The molecule has 10 heavy (non-hydrogen) atoms. The molecule has 1 aliphatic heterocycles. The van der Waals surface area contributed by atoms with Crippen LogP contribution in [-0.4, -0.2) is 41.3 Å². The molecule has 0 saturated carbocycles. The lowest BCUT2D eigenvalue weighted by molar-refractivity contribution is 0.0335. The molecular weight excluding hydrogens is 153 g/mol. The summed E-state index contributed by atoms with van der Waals surface area (Å²) in [5, 5.41) is 18.1. The van der Waals surface area contributed by atoms with Gasteiger partial charge in [0.05, 0.1) is 12.7 Å². The average Bonchev–Trinajstić information content (AvgIpc) is 2.20. The van der Waals surface area contributed by atoms with Gasteiger partial charge in [0.2, 0.25) is 0 Å². The fraction of sp³-hybridized carbons (Fsp3) is 1.00. The summed E-state index contributed by atoms with van der Waals surface area (Å²) in [4.78, 5) is 0. The van der Waals surface area contributed by atoms with Crippen molar-refractivity contribution in [3.8, 4) is 0 Å². The van der Waals surface area contributed by atoms with E-state index in [1.54, 1.807) is 0 Å². The van der Waals surface area contributed by atoms with Crippen LogP contribution in [0.1, 0.15) is 0 Å². The molecule has 0 aromatic heterocycles. The molecule has 4 nitrogen and oxygen atoms in total. The second-order valence-corrected chi connectivity index (χ2v) is 3.15. The van der Waals surface area contributed by atoms with E-state index < -0.39 is 12.2 Å². The van der Waals surface area contributed by atoms with Crippen molar-refractivity contribution in [2.24, 2.45) is 5.50 Å². The number of aliphatic hydroxyl groups excluding tert-OH is 2. The molecule has 0 radical (unpaired) electrons. The van der Waals surface area contributed by atoms with Gasteiger partial charge < -0.3 is 20.5 Å². The van der Waals surface area contributed by atoms with E-state index in [0.29, 0.717) is 6.16 Å². The summed E-state index contributed by atoms with van der Waals surface area (Å²) in [6.07, 6.45) is -1.08. The van der Waals surface area contributed by atoms with Crippen molar-refractivity contribution in [2.45, 2.75) is 18.3 Å². The molecule has 60 valence electrons. The molecule has 4 N–H and O–H groups in total. The van der Waals surface area contributed by atoms with Gasteiger partial charge in [-0.2, -0.15) is 0 Å². The van der Waals surface area contributed by atoms with Gasteiger partial charge in [-0.05, 0) is 0 Å². The zero-order valence-corrected chi connectivity index (χ0v) is 6.53. The first kappa shape index (κ1) is 8.37. The van der Waals surface area contributed by atoms with Crippen molar-refractivity contribution in [3.63, 3.8) is 0 Å². The van der Waals surface area contributed by atoms with Gasteiger partial charge in [-0.3, -0.25) is 0 Å². The summed E-state index contributed by atoms with van der Waals surface area (Å²) < 4.78 is 5.04. The molecule has 4 unspecified atom stereocenters. The predicted molar refractivity (Wildman–Crippen MR) is 39.1 cm³/mol. The van der Waals surface area contributed by atoms with Crippen LogP contribution in [0.15, 0.2) is 0 Å². The largest absolute Gasteiger partial charge is 0.388 e. The highest BCUT2D eigenvalue weighted by Gasteiger charge is 2.33. The SMILES string of the molecule is NPCC1OCC(O)C1O. The zero-order valence-electron chi connectivity index (χ0n) is 5.53. The summed E-state index contributed by atoms with van der Waals surface area (Å²) in [5.74, 6) is 0. The van der Waals surface area contributed by atoms with Crippen molar-refractivity contribution >= 4 is 8.73 Å². The van der Waals surface area contributed by atoms with Crippen LogP contribution >= 0.6 is 8.73 Å². The van der Waals surface area contributed by atoms with Crippen molar-refractivity contribution < 1.29 is 14.9 Å². The molecule has 0 bridgehead atoms. The molecule has 1 aliphatic rings. The Balaban J connectivity index is 2.33. The Bertz CT molecular complexity index is 111. The van der Waals surface area contributed by atoms with Gasteiger partial charge >= 0.3 is 0 Å². The third-order valence-electron chi connectivity index (χ3n) is 1.58. The normalized spacial score (nSPS) is 41.7. The second kappa shape index (κ2) is 3.60. The molecule has 1 fully saturated rings. The van der Waals surface area contributed by atoms with E-state index in [2.05, 4.69) is 0 Å². The summed E-state index contributed by atoms with van der Waals surface area (Å²) in [6.45, 7) is 0.232. The smallest absolute Gasteiger partial charge is 0.109 e. The minimum Gasteiger partial charge on any atom is -0.388 e. The maximum absolute atomic E-state index is 9.16. The molecule has 0 aromatic carbocycles. The fourth-order valence-electron chi connectivity index (χ4n) is 0.963. The Hall–Kier alpha value is 0.270. The number of rotatable bonds is 2. The van der Waals surface area contributed by atoms with Crippen LogP contribution in [0.2, 0.25) is 0 Å². The lowest BCUT2D eigenvalue weighted by Gasteiger charge is -2.12. The fourth-order valence-corrected chi connectivity index (χ4v) is 1.55. The molecule has 1 saturated heterocycles. The van der Waals surface area contributed by atoms with Crippen molar-refractivity contribution in [2.75, 3.05) is 12.8 Å². The van der Waals surface area contributed by atoms with E-state index in [1.165, 1.54) is 0 Å². The molecule has 5 heteroatoms. The van der Waals surface area contributed by atoms with Crippen LogP contribution in [-0.2, 0) is 4.74 Å². The lowest BCUT2D eigenvalue weighted by atomic mass is 10.2. The second-order valence-electron chi connectivity index (χ2n) is 2.34. The van der Waals surface area contributed by atoms with Crippen molar-refractivity contribution in [1.82, 2.24) is 0 Å². The predicted octanol–water partition coefficient (Wildman–Crippen LogP) is -1.34. The Morgan fingerprint density at radius 3 is 2.70 bits per heavy atom. The Morgan fingerprint density at radius 2 is 2.30 bits per heavy atom. The van der Waals surface area contributed by atoms with Crippen LogP contribution in [0.3, 0.4) is 0 Å². The third-order valence-corrected chi connectivity index (χ3v) is 2.21. The minimum atomic E-state index is -0.740. The zero-order chi connectivity index (χ0) is 7.56. The summed E-state index contributed by atoms with van der Waals surface area (Å²) in [6, 6.07) is 0. The Kier molecular flexibility index (Phi) is 3.01. The number of hydrogen-bond acceptors (Lipinski definition) is 4. The topological polar surface area (TPSA) is 75.7 Å². The van der Waals surface area contributed by atoms with Gasteiger partial charge in [-0.1, -0.05) is 8.73 Å². The number of aliphatic hydroxyl groups is 2. The minimum absolute atomic E-state index is 0.232. The molecular formula is C5H12NO3P. The van der Waals surface area contributed by atoms with Gasteiger partial charge in [0.25, 0.3) is 0 Å². The lowest BCUT2D eigenvalue weighted by Crippen LogP contribution is -2.31. The maximum atomic E-state index is 9.16. The summed E-state index contributed by atoms with van der Waals surface area (Å²) in [7, 11) is 0.271. The van der Waals surface area contributed by atoms with Crippen LogP contribution in [0, 0.1) is 0 Å². The summed E-state index contributed by atoms with van der Waals surface area (Å²) in [5.41, 5.74) is 5.27. The van der Waals surface area contributed by atoms with Crippen LogP contribution in [0.4, 0.5) is 0 Å². The summed E-state index contributed by atoms with van der Waals surface area (Å²) >= 11 is 0. The van der Waals surface area contributed by atoms with E-state index in [1.807, 2.05) is 0 Å². The highest BCUT2D eigenvalue weighted by atomic mass is 31.1. The molecule has 0 aliphatic carbocycles. The first-order valence-corrected chi connectivity index (χ1v) is 4.45. The standard InChI is InChI=1S/C5H12NO3P/c6-10-2-4-5(8)3(7)1-9-4/h3-5,7-8,10H,1-2,6H2. The van der Waals surface area contributed by atoms with Gasteiger partial charge in [0.15, 0.2) is 0 Å². The number of hydrogen-bond donors (Lipinski definition) is 3. The molecule has 1 heterocycles. The monoisotopic (exact) mass is 165 g/mol. The van der Waals surface area contributed by atoms with E-state index in [4.69, 9.17) is 20.5 Å². The highest BCUT2D eigenvalue weighted by molar-refractivity contribution is 7.35. The van der Waals surface area contributed by atoms with E-state index >= 15 is 0 Å². The number of ether oxygens (including phenoxy) is 1. The third kappa shape index (κ3) is 1.65. The Morgan fingerprint density at radius 1 is 1.60 bits per heavy atom. The van der Waals surface area contributed by atoms with Gasteiger partial charge in [0.1, 0.15) is 12.2 Å². The van der Waals surface area contributed by atoms with Gasteiger partial charge in [0, 0.05) is 6.16 Å². The molecule has 1 rings (SSSR count). The van der Waals surface area contributed by atoms with Crippen molar-refractivity contribution in [1.29, 1.82) is 0 Å². The maximum Gasteiger partial charge on any atom is 0.109 e. The first-order chi connectivity index (χ1) is 4.75. The quantitative estimate of drug-likeness (QED) is 0.442. The molecule has 4 atom stereocenters. The van der Waals surface area contributed by atoms with E-state index in [-0.39, 0.29) is 21.4 Å². The van der Waals surface area contributed by atoms with Crippen LogP contribution in [0.25, 0.3) is 0 Å². The van der Waals surface area contributed by atoms with Crippen LogP contribution in [0.5, 0.6) is 0 Å². The molecule has 0 aromatic rings. The van der Waals surface area contributed by atoms with E-state index in [9.17, 15) is 0 Å². The van der Waals surface area contributed by atoms with Gasteiger partial charge in [-0.25, -0.2) is 0 Å². The molecule has 0 spiro atoms. The van der Waals surface area contributed by atoms with E-state index in [0.717, 1.165) is 0 Å². The molecule has 0 amide bonds. The highest BCUT2D eigenvalue weighted by Crippen LogP contribution is 2.17. The first-order valence-electron chi connectivity index (χ1n) is 3.17. The number of nitrogens with two attached hydrogens (primary N) is 1. The van der Waals surface area contributed by atoms with Crippen LogP contribution < -0.4 is 5.50 Å². The van der Waals surface area contributed by atoms with Gasteiger partial charge in [-0.15, -0.1) is 0 Å². The Labute approximate surface area is 61.2 Å². The average molecular weight is 165 g/mol. The van der Waals surface area contributed by atoms with Crippen molar-refractivity contribution in [3.05, 3.63) is 0 Å².